The molecule has 8 rings (SSSR count). The van der Waals surface area contributed by atoms with E-state index in [0.29, 0.717) is 23.1 Å². The number of hydrogen-bond acceptors (Lipinski definition) is 4. The van der Waals surface area contributed by atoms with E-state index in [2.05, 4.69) is 227 Å². The van der Waals surface area contributed by atoms with Crippen LogP contribution in [0.4, 0.5) is 0 Å². The van der Waals surface area contributed by atoms with Crippen molar-refractivity contribution in [3.8, 4) is 40.2 Å². The number of nitrogens with zero attached hydrogens (tertiary/aromatic N) is 6. The number of aromatic nitrogens is 6. The number of hydrogen-bond donors (Lipinski definition) is 0. The van der Waals surface area contributed by atoms with Gasteiger partial charge in [-0.3, -0.25) is 9.55 Å². The van der Waals surface area contributed by atoms with Crippen LogP contribution in [0.15, 0.2) is 97.2 Å². The predicted molar refractivity (Wildman–Crippen MR) is 276 cm³/mol. The van der Waals surface area contributed by atoms with E-state index < -0.39 is 0 Å². The molecule has 0 bridgehead atoms. The molecule has 8 heteroatoms. The van der Waals surface area contributed by atoms with Gasteiger partial charge in [0.15, 0.2) is 5.82 Å². The van der Waals surface area contributed by atoms with Crippen molar-refractivity contribution in [2.24, 2.45) is 0 Å². The fraction of sp³-hybridized carbons (Fsp3) is 0.400. The molecule has 0 saturated heterocycles. The van der Waals surface area contributed by atoms with Crippen LogP contribution in [0.2, 0.25) is 0 Å². The largest absolute Gasteiger partial charge is 0.522 e. The first kappa shape index (κ1) is 50.5. The van der Waals surface area contributed by atoms with E-state index in [1.807, 2.05) is 27.6 Å². The summed E-state index contributed by atoms with van der Waals surface area (Å²) in [6.45, 7) is 40.4. The van der Waals surface area contributed by atoms with Crippen molar-refractivity contribution in [2.75, 3.05) is 0 Å². The summed E-state index contributed by atoms with van der Waals surface area (Å²) >= 11 is 0. The Hall–Kier alpha value is -5.39. The second-order valence-corrected chi connectivity index (χ2v) is 24.6. The molecule has 0 aliphatic carbocycles. The van der Waals surface area contributed by atoms with E-state index >= 15 is 0 Å². The molecule has 0 fully saturated rings. The van der Waals surface area contributed by atoms with E-state index in [9.17, 15) is 0 Å². The second kappa shape index (κ2) is 17.5. The first-order chi connectivity index (χ1) is 30.9. The molecule has 0 aliphatic rings. The quantitative estimate of drug-likeness (QED) is 0.123. The maximum Gasteiger partial charge on any atom is 0.273 e. The smallest absolute Gasteiger partial charge is 0.273 e. The predicted octanol–water partition coefficient (Wildman–Crippen LogP) is 14.7. The van der Waals surface area contributed by atoms with Gasteiger partial charge < -0.3 is 9.30 Å². The summed E-state index contributed by atoms with van der Waals surface area (Å²) in [6.07, 6.45) is 5.59. The van der Waals surface area contributed by atoms with Crippen LogP contribution in [-0.4, -0.2) is 24.2 Å². The molecule has 7 nitrogen and oxygen atoms in total. The third-order valence-electron chi connectivity index (χ3n) is 12.7. The van der Waals surface area contributed by atoms with Gasteiger partial charge in [-0.25, -0.2) is 4.98 Å². The van der Waals surface area contributed by atoms with Crippen molar-refractivity contribution >= 4 is 21.8 Å². The minimum Gasteiger partial charge on any atom is -0.522 e. The number of pyridine rings is 2. The Kier molecular flexibility index (Phi) is 13.0. The van der Waals surface area contributed by atoms with Gasteiger partial charge in [-0.1, -0.05) is 185 Å². The molecule has 0 spiro atoms. The van der Waals surface area contributed by atoms with Crippen LogP contribution in [0.5, 0.6) is 11.5 Å². The van der Waals surface area contributed by atoms with E-state index in [0.717, 1.165) is 44.6 Å². The summed E-state index contributed by atoms with van der Waals surface area (Å²) in [5, 5.41) is 7.64. The molecule has 8 aromatic rings. The summed E-state index contributed by atoms with van der Waals surface area (Å²) in [5.41, 5.74) is 10.1. The van der Waals surface area contributed by atoms with Gasteiger partial charge in [-0.2, -0.15) is 16.8 Å². The minimum atomic E-state index is -0.337. The molecule has 68 heavy (non-hydrogen) atoms. The van der Waals surface area contributed by atoms with E-state index in [4.69, 9.17) is 19.8 Å². The monoisotopic (exact) mass is 1090 g/mol. The maximum atomic E-state index is 6.88. The first-order valence-corrected chi connectivity index (χ1v) is 23.8. The average Bonchev–Trinajstić information content (AvgIpc) is 3.82. The van der Waals surface area contributed by atoms with Gasteiger partial charge >= 0.3 is 0 Å². The van der Waals surface area contributed by atoms with Gasteiger partial charge in [-0.15, -0.1) is 28.7 Å². The summed E-state index contributed by atoms with van der Waals surface area (Å²) in [5.74, 6) is 3.15. The van der Waals surface area contributed by atoms with Crippen molar-refractivity contribution in [2.45, 2.75) is 157 Å². The van der Waals surface area contributed by atoms with Gasteiger partial charge in [0.05, 0.1) is 11.5 Å². The van der Waals surface area contributed by atoms with Gasteiger partial charge in [-0.05, 0) is 95.3 Å². The first-order valence-electron chi connectivity index (χ1n) is 23.8. The maximum absolute atomic E-state index is 6.88. The molecule has 4 aromatic heterocycles. The van der Waals surface area contributed by atoms with Crippen molar-refractivity contribution in [3.05, 3.63) is 149 Å². The number of ether oxygens (including phenoxy) is 1. The molecular formula is C60H70N6OPt-2. The Balaban J connectivity index is 0.00000684. The third-order valence-corrected chi connectivity index (χ3v) is 12.7. The molecule has 4 heterocycles. The van der Waals surface area contributed by atoms with Crippen LogP contribution in [0, 0.1) is 18.5 Å². The van der Waals surface area contributed by atoms with Crippen molar-refractivity contribution < 1.29 is 30.5 Å². The van der Waals surface area contributed by atoms with E-state index in [-0.39, 0.29) is 53.6 Å². The molecule has 0 aliphatic heterocycles. The Morgan fingerprint density at radius 3 is 1.65 bits per heavy atom. The SMILES string of the molecule is CC(C)(C)c1cc(-c2n[n+](-c3cc(C(C)(C)C)cc(C(C)(C)C)c3)[c-]n2-c2[c-]c(Oc3[c-]c4c(cc3)c3ccccc3n4-c3cc(C(C)(C)C)ccn3)cc(C(C)(C)C)n2)cc(C(C)(C)C)c1.[Pt]. The summed E-state index contributed by atoms with van der Waals surface area (Å²) in [4.78, 5) is 10.2. The molecule has 0 radical (unpaired) electrons. The zero-order valence-electron chi connectivity index (χ0n) is 43.6. The Morgan fingerprint density at radius 2 is 1.09 bits per heavy atom. The number of fused-ring (bicyclic) bond motifs is 3. The number of para-hydroxylation sites is 1. The minimum absolute atomic E-state index is 0. The Bertz CT molecular complexity index is 3100. The van der Waals surface area contributed by atoms with Crippen LogP contribution < -0.4 is 9.42 Å². The number of benzene rings is 4. The van der Waals surface area contributed by atoms with E-state index in [1.54, 1.807) is 0 Å². The summed E-state index contributed by atoms with van der Waals surface area (Å²) in [7, 11) is 0. The molecule has 0 N–H and O–H groups in total. The summed E-state index contributed by atoms with van der Waals surface area (Å²) in [6, 6.07) is 39.9. The number of rotatable bonds is 6. The van der Waals surface area contributed by atoms with Gasteiger partial charge in [0.25, 0.3) is 6.33 Å². The van der Waals surface area contributed by atoms with Gasteiger partial charge in [0.1, 0.15) is 5.82 Å². The van der Waals surface area contributed by atoms with Crippen molar-refractivity contribution in [1.82, 2.24) is 24.2 Å². The molecule has 0 atom stereocenters. The average molecular weight is 1090 g/mol. The standard InChI is InChI=1S/C60H70N6O.Pt/c1-55(2,3)39-25-26-61-52(33-39)66-49-22-20-19-21-47(49)48-24-23-45(34-50(48)66)67-46-35-51(60(16,17)18)62-53(36-46)64-37-65(44-31-42(58(10,11)12)30-43(32-44)59(13,14)15)63-54(64)38-27-40(56(4,5)6)29-41(28-38)57(7,8)9;/h19-33,35H,1-18H3;/q-2;. The summed E-state index contributed by atoms with van der Waals surface area (Å²) < 4.78 is 12.9. The zero-order valence-corrected chi connectivity index (χ0v) is 45.9. The molecule has 0 saturated carbocycles. The topological polar surface area (TPSA) is 61.6 Å². The van der Waals surface area contributed by atoms with Crippen molar-refractivity contribution in [3.63, 3.8) is 0 Å². The molecule has 0 amide bonds. The van der Waals surface area contributed by atoms with Crippen LogP contribution in [0.3, 0.4) is 0 Å². The molecule has 0 unspecified atom stereocenters. The van der Waals surface area contributed by atoms with Crippen LogP contribution in [0.1, 0.15) is 158 Å². The van der Waals surface area contributed by atoms with Gasteiger partial charge in [0, 0.05) is 44.1 Å². The molecular weight excluding hydrogens is 1020 g/mol. The molecule has 358 valence electrons. The fourth-order valence-electron chi connectivity index (χ4n) is 8.26. The van der Waals surface area contributed by atoms with E-state index in [1.165, 1.54) is 27.8 Å². The zero-order chi connectivity index (χ0) is 48.8. The van der Waals surface area contributed by atoms with Gasteiger partial charge in [0.2, 0.25) is 0 Å². The molecule has 4 aromatic carbocycles. The van der Waals surface area contributed by atoms with Crippen LogP contribution >= 0.6 is 0 Å². The normalized spacial score (nSPS) is 13.0. The fourth-order valence-corrected chi connectivity index (χ4v) is 8.26. The Morgan fingerprint density at radius 1 is 0.529 bits per heavy atom. The van der Waals surface area contributed by atoms with Crippen LogP contribution in [-0.2, 0) is 53.6 Å². The second-order valence-electron chi connectivity index (χ2n) is 24.6. The van der Waals surface area contributed by atoms with Crippen LogP contribution in [0.25, 0.3) is 50.5 Å². The Labute approximate surface area is 420 Å². The third kappa shape index (κ3) is 10.3. The van der Waals surface area contributed by atoms with Crippen molar-refractivity contribution in [1.29, 1.82) is 0 Å².